The average Bonchev–Trinajstić information content (AvgIpc) is 2.69. The van der Waals surface area contributed by atoms with Crippen LogP contribution in [0.5, 0.6) is 11.5 Å². The summed E-state index contributed by atoms with van der Waals surface area (Å²) < 4.78 is 22.4. The van der Waals surface area contributed by atoms with E-state index in [9.17, 15) is 9.59 Å². The Hall–Kier alpha value is -3.28. The second-order valence-corrected chi connectivity index (χ2v) is 9.79. The predicted molar refractivity (Wildman–Crippen MR) is 127 cm³/mol. The van der Waals surface area contributed by atoms with Gasteiger partial charge in [-0.1, -0.05) is 30.8 Å². The molecule has 33 heavy (non-hydrogen) atoms. The first-order valence-corrected chi connectivity index (χ1v) is 10.8. The van der Waals surface area contributed by atoms with Crippen molar-refractivity contribution in [3.05, 3.63) is 71.8 Å². The van der Waals surface area contributed by atoms with Gasteiger partial charge in [0.25, 0.3) is 0 Å². The summed E-state index contributed by atoms with van der Waals surface area (Å²) in [5.74, 6) is 0.108. The number of hydrogen-bond acceptors (Lipinski definition) is 6. The topological polar surface area (TPSA) is 71.1 Å². The first kappa shape index (κ1) is 26.0. The number of benzene rings is 2. The van der Waals surface area contributed by atoms with Crippen molar-refractivity contribution in [1.82, 2.24) is 0 Å². The van der Waals surface area contributed by atoms with Crippen molar-refractivity contribution in [2.24, 2.45) is 0 Å². The van der Waals surface area contributed by atoms with Crippen molar-refractivity contribution < 1.29 is 28.5 Å². The molecule has 0 radical (unpaired) electrons. The zero-order valence-electron chi connectivity index (χ0n) is 20.6. The monoisotopic (exact) mass is 454 g/mol. The van der Waals surface area contributed by atoms with Crippen LogP contribution >= 0.6 is 0 Å². The molecule has 0 saturated carbocycles. The van der Waals surface area contributed by atoms with Crippen LogP contribution in [0.2, 0.25) is 0 Å². The van der Waals surface area contributed by atoms with Crippen LogP contribution in [0.3, 0.4) is 0 Å². The third kappa shape index (κ3) is 9.00. The smallest absolute Gasteiger partial charge is 0.345 e. The number of rotatable bonds is 8. The molecule has 0 aliphatic carbocycles. The van der Waals surface area contributed by atoms with Crippen molar-refractivity contribution in [2.75, 3.05) is 6.61 Å². The Bertz CT molecular complexity index is 900. The molecule has 0 aliphatic rings. The van der Waals surface area contributed by atoms with Crippen LogP contribution in [0.4, 0.5) is 0 Å². The van der Waals surface area contributed by atoms with Gasteiger partial charge >= 0.3 is 11.9 Å². The summed E-state index contributed by atoms with van der Waals surface area (Å²) in [7, 11) is 0. The Labute approximate surface area is 196 Å². The van der Waals surface area contributed by atoms with Crippen LogP contribution in [0.25, 0.3) is 0 Å². The molecular formula is C27H34O6. The lowest BCUT2D eigenvalue weighted by atomic mass is 10.0. The van der Waals surface area contributed by atoms with Crippen LogP contribution in [-0.2, 0) is 19.1 Å². The summed E-state index contributed by atoms with van der Waals surface area (Å²) in [6.07, 6.45) is -0.701. The number of ether oxygens (including phenoxy) is 4. The van der Waals surface area contributed by atoms with Crippen molar-refractivity contribution in [3.8, 4) is 11.5 Å². The summed E-state index contributed by atoms with van der Waals surface area (Å²) in [5.41, 5.74) is 1.05. The molecule has 0 heterocycles. The third-order valence-electron chi connectivity index (χ3n) is 4.13. The fourth-order valence-electron chi connectivity index (χ4n) is 2.87. The van der Waals surface area contributed by atoms with Crippen LogP contribution in [0.1, 0.15) is 65.7 Å². The third-order valence-corrected chi connectivity index (χ3v) is 4.13. The van der Waals surface area contributed by atoms with E-state index in [4.69, 9.17) is 18.9 Å². The molecule has 0 aliphatic heterocycles. The molecule has 0 spiro atoms. The molecule has 0 aromatic heterocycles. The standard InChI is InChI=1S/C27H34O6/c1-18(2)25(29)30-17-23(28)31-24(19-9-13-21(14-10-19)32-26(3,4)5)20-11-15-22(16-12-20)33-27(6,7)8/h9-16,24H,1,17H2,2-8H3. The number of carbonyl (C=O) groups excluding carboxylic acids is 2. The van der Waals surface area contributed by atoms with Gasteiger partial charge in [0, 0.05) is 5.57 Å². The van der Waals surface area contributed by atoms with Crippen LogP contribution < -0.4 is 9.47 Å². The minimum absolute atomic E-state index is 0.211. The molecule has 6 heteroatoms. The van der Waals surface area contributed by atoms with Crippen molar-refractivity contribution >= 4 is 11.9 Å². The average molecular weight is 455 g/mol. The van der Waals surface area contributed by atoms with Crippen LogP contribution in [0.15, 0.2) is 60.7 Å². The van der Waals surface area contributed by atoms with Crippen molar-refractivity contribution in [2.45, 2.75) is 65.8 Å². The van der Waals surface area contributed by atoms with Gasteiger partial charge in [0.2, 0.25) is 0 Å². The van der Waals surface area contributed by atoms with Gasteiger partial charge in [-0.25, -0.2) is 9.59 Å². The lowest BCUT2D eigenvalue weighted by Gasteiger charge is -2.23. The normalized spacial score (nSPS) is 11.6. The van der Waals surface area contributed by atoms with E-state index in [0.717, 1.165) is 11.1 Å². The lowest BCUT2D eigenvalue weighted by Crippen LogP contribution is -2.23. The van der Waals surface area contributed by atoms with E-state index >= 15 is 0 Å². The second kappa shape index (κ2) is 10.6. The lowest BCUT2D eigenvalue weighted by molar-refractivity contribution is -0.159. The first-order chi connectivity index (χ1) is 15.2. The highest BCUT2D eigenvalue weighted by atomic mass is 16.6. The summed E-state index contributed by atoms with van der Waals surface area (Å²) in [6.45, 7) is 16.3. The highest BCUT2D eigenvalue weighted by Gasteiger charge is 2.22. The molecule has 0 bridgehead atoms. The SMILES string of the molecule is C=C(C)C(=O)OCC(=O)OC(c1ccc(OC(C)(C)C)cc1)c1ccc(OC(C)(C)C)cc1. The van der Waals surface area contributed by atoms with Gasteiger partial charge in [0.15, 0.2) is 12.7 Å². The van der Waals surface area contributed by atoms with Gasteiger partial charge in [-0.05, 0) is 83.9 Å². The summed E-state index contributed by atoms with van der Waals surface area (Å²) in [5, 5.41) is 0. The minimum Gasteiger partial charge on any atom is -0.488 e. The molecule has 2 rings (SSSR count). The van der Waals surface area contributed by atoms with Gasteiger partial charge < -0.3 is 18.9 Å². The first-order valence-electron chi connectivity index (χ1n) is 10.8. The van der Waals surface area contributed by atoms with Crippen LogP contribution in [0, 0.1) is 0 Å². The fourth-order valence-corrected chi connectivity index (χ4v) is 2.87. The van der Waals surface area contributed by atoms with Crippen molar-refractivity contribution in [3.63, 3.8) is 0 Å². The molecule has 2 aromatic rings. The Balaban J connectivity index is 2.27. The molecule has 0 saturated heterocycles. The molecule has 178 valence electrons. The molecule has 0 unspecified atom stereocenters. The quantitative estimate of drug-likeness (QED) is 0.371. The van der Waals surface area contributed by atoms with Crippen molar-refractivity contribution in [1.29, 1.82) is 0 Å². The maximum atomic E-state index is 12.5. The van der Waals surface area contributed by atoms with Gasteiger partial charge in [0.1, 0.15) is 22.7 Å². The number of carbonyl (C=O) groups is 2. The van der Waals surface area contributed by atoms with Gasteiger partial charge in [-0.3, -0.25) is 0 Å². The van der Waals surface area contributed by atoms with E-state index in [1.165, 1.54) is 6.92 Å². The minimum atomic E-state index is -0.701. The Morgan fingerprint density at radius 2 is 1.18 bits per heavy atom. The molecule has 2 aromatic carbocycles. The second-order valence-electron chi connectivity index (χ2n) is 9.79. The van der Waals surface area contributed by atoms with E-state index in [2.05, 4.69) is 6.58 Å². The molecule has 0 atom stereocenters. The van der Waals surface area contributed by atoms with E-state index in [0.29, 0.717) is 11.5 Å². The van der Waals surface area contributed by atoms with Crippen LogP contribution in [-0.4, -0.2) is 29.7 Å². The molecule has 0 amide bonds. The maximum Gasteiger partial charge on any atom is 0.345 e. The highest BCUT2D eigenvalue weighted by Crippen LogP contribution is 2.30. The largest absolute Gasteiger partial charge is 0.488 e. The Kier molecular flexibility index (Phi) is 8.31. The summed E-state index contributed by atoms with van der Waals surface area (Å²) in [6, 6.07) is 14.7. The maximum absolute atomic E-state index is 12.5. The van der Waals surface area contributed by atoms with E-state index < -0.39 is 24.6 Å². The summed E-state index contributed by atoms with van der Waals surface area (Å²) in [4.78, 5) is 24.1. The van der Waals surface area contributed by atoms with E-state index in [1.54, 1.807) is 0 Å². The van der Waals surface area contributed by atoms with Gasteiger partial charge in [0.05, 0.1) is 0 Å². The molecular weight excluding hydrogens is 420 g/mol. The molecule has 6 nitrogen and oxygen atoms in total. The molecule has 0 N–H and O–H groups in total. The Morgan fingerprint density at radius 1 is 0.788 bits per heavy atom. The van der Waals surface area contributed by atoms with E-state index in [-0.39, 0.29) is 16.8 Å². The Morgan fingerprint density at radius 3 is 1.52 bits per heavy atom. The van der Waals surface area contributed by atoms with Gasteiger partial charge in [-0.2, -0.15) is 0 Å². The highest BCUT2D eigenvalue weighted by molar-refractivity contribution is 5.88. The predicted octanol–water partition coefficient (Wildman–Crippen LogP) is 5.79. The van der Waals surface area contributed by atoms with E-state index in [1.807, 2.05) is 90.1 Å². The van der Waals surface area contributed by atoms with Gasteiger partial charge in [-0.15, -0.1) is 0 Å². The molecule has 0 fully saturated rings. The fraction of sp³-hybridized carbons (Fsp3) is 0.407. The number of esters is 2. The summed E-state index contributed by atoms with van der Waals surface area (Å²) >= 11 is 0. The zero-order chi connectivity index (χ0) is 24.8. The number of hydrogen-bond donors (Lipinski definition) is 0. The zero-order valence-corrected chi connectivity index (χ0v) is 20.6.